The number of piperidine rings is 1. The summed E-state index contributed by atoms with van der Waals surface area (Å²) in [7, 11) is 0. The van der Waals surface area contributed by atoms with E-state index in [1.54, 1.807) is 0 Å². The average Bonchev–Trinajstić information content (AvgIpc) is 3.46. The van der Waals surface area contributed by atoms with Gasteiger partial charge in [-0.15, -0.1) is 12.4 Å². The number of hydrogen-bond acceptors (Lipinski definition) is 4. The van der Waals surface area contributed by atoms with Crippen LogP contribution in [0.25, 0.3) is 0 Å². The monoisotopic (exact) mass is 435 g/mol. The summed E-state index contributed by atoms with van der Waals surface area (Å²) in [6.07, 6.45) is 3.64. The Labute approximate surface area is 185 Å². The van der Waals surface area contributed by atoms with Gasteiger partial charge in [0.05, 0.1) is 0 Å². The van der Waals surface area contributed by atoms with Crippen molar-refractivity contribution in [1.29, 1.82) is 0 Å². The molecule has 166 valence electrons. The lowest BCUT2D eigenvalue weighted by Gasteiger charge is -2.36. The van der Waals surface area contributed by atoms with Crippen molar-refractivity contribution in [2.75, 3.05) is 39.3 Å². The molecule has 2 saturated heterocycles. The van der Waals surface area contributed by atoms with Gasteiger partial charge >= 0.3 is 0 Å². The second-order valence-corrected chi connectivity index (χ2v) is 8.74. The molecule has 7 heteroatoms. The molecule has 0 aromatic heterocycles. The van der Waals surface area contributed by atoms with Gasteiger partial charge in [-0.1, -0.05) is 25.1 Å². The van der Waals surface area contributed by atoms with Crippen LogP contribution in [-0.4, -0.2) is 67.0 Å². The van der Waals surface area contributed by atoms with E-state index in [1.165, 1.54) is 0 Å². The first-order valence-corrected chi connectivity index (χ1v) is 11.1. The van der Waals surface area contributed by atoms with Crippen LogP contribution in [0.5, 0.6) is 5.75 Å². The first-order valence-electron chi connectivity index (χ1n) is 11.1. The third-order valence-corrected chi connectivity index (χ3v) is 7.00. The number of carbonyl (C=O) groups is 2. The van der Waals surface area contributed by atoms with E-state index in [0.717, 1.165) is 50.1 Å². The molecule has 2 unspecified atom stereocenters. The van der Waals surface area contributed by atoms with Gasteiger partial charge < -0.3 is 19.9 Å². The predicted octanol–water partition coefficient (Wildman–Crippen LogP) is 2.50. The van der Waals surface area contributed by atoms with Crippen LogP contribution in [0.4, 0.5) is 0 Å². The van der Waals surface area contributed by atoms with E-state index in [-0.39, 0.29) is 29.6 Å². The second-order valence-electron chi connectivity index (χ2n) is 8.74. The number of nitrogens with one attached hydrogen (secondary N) is 1. The van der Waals surface area contributed by atoms with Gasteiger partial charge in [0.15, 0.2) is 6.10 Å². The number of halogens is 1. The van der Waals surface area contributed by atoms with Gasteiger partial charge in [0, 0.05) is 32.1 Å². The minimum atomic E-state index is -0.522. The zero-order valence-corrected chi connectivity index (χ0v) is 18.9. The summed E-state index contributed by atoms with van der Waals surface area (Å²) in [6.45, 7) is 8.41. The van der Waals surface area contributed by atoms with Gasteiger partial charge in [0.1, 0.15) is 5.75 Å². The molecule has 0 radical (unpaired) electrons. The molecule has 3 fully saturated rings. The third-order valence-electron chi connectivity index (χ3n) is 7.00. The zero-order valence-electron chi connectivity index (χ0n) is 18.1. The predicted molar refractivity (Wildman–Crippen MR) is 119 cm³/mol. The summed E-state index contributed by atoms with van der Waals surface area (Å²) >= 11 is 0. The molecule has 3 aliphatic rings. The topological polar surface area (TPSA) is 61.9 Å². The molecule has 2 aliphatic heterocycles. The maximum absolute atomic E-state index is 12.9. The summed E-state index contributed by atoms with van der Waals surface area (Å²) in [6, 6.07) is 7.88. The Hall–Kier alpha value is -1.79. The van der Waals surface area contributed by atoms with Crippen molar-refractivity contribution in [2.24, 2.45) is 11.3 Å². The summed E-state index contributed by atoms with van der Waals surface area (Å²) in [4.78, 5) is 29.6. The highest BCUT2D eigenvalue weighted by molar-refractivity contribution is 5.85. The lowest BCUT2D eigenvalue weighted by atomic mass is 9.91. The Balaban J connectivity index is 0.00000256. The number of piperazine rings is 1. The zero-order chi connectivity index (χ0) is 20.4. The maximum Gasteiger partial charge on any atom is 0.263 e. The number of para-hydroxylation sites is 1. The fraction of sp³-hybridized carbons (Fsp3) is 0.652. The lowest BCUT2D eigenvalue weighted by Crippen LogP contribution is -2.53. The first-order chi connectivity index (χ1) is 14.0. The van der Waals surface area contributed by atoms with E-state index in [9.17, 15) is 9.59 Å². The van der Waals surface area contributed by atoms with Crippen molar-refractivity contribution < 1.29 is 14.3 Å². The van der Waals surface area contributed by atoms with Crippen molar-refractivity contribution in [3.05, 3.63) is 29.8 Å². The molecule has 1 aliphatic carbocycles. The van der Waals surface area contributed by atoms with E-state index >= 15 is 0 Å². The van der Waals surface area contributed by atoms with Gasteiger partial charge in [-0.2, -0.15) is 0 Å². The Morgan fingerprint density at radius 2 is 1.77 bits per heavy atom. The first kappa shape index (κ1) is 22.9. The van der Waals surface area contributed by atoms with Crippen LogP contribution in [0.15, 0.2) is 24.3 Å². The highest BCUT2D eigenvalue weighted by Gasteiger charge is 2.58. The molecule has 4 rings (SSSR count). The van der Waals surface area contributed by atoms with Crippen LogP contribution in [0, 0.1) is 11.3 Å². The smallest absolute Gasteiger partial charge is 0.263 e. The molecule has 6 nitrogen and oxygen atoms in total. The average molecular weight is 436 g/mol. The largest absolute Gasteiger partial charge is 0.481 e. The number of hydrogen-bond donors (Lipinski definition) is 1. The van der Waals surface area contributed by atoms with Crippen molar-refractivity contribution in [1.82, 2.24) is 15.1 Å². The molecular weight excluding hydrogens is 402 g/mol. The minimum Gasteiger partial charge on any atom is -0.481 e. The number of rotatable bonds is 5. The number of benzene rings is 1. The van der Waals surface area contributed by atoms with Crippen LogP contribution >= 0.6 is 12.4 Å². The highest BCUT2D eigenvalue weighted by Crippen LogP contribution is 2.59. The Morgan fingerprint density at radius 1 is 1.13 bits per heavy atom. The summed E-state index contributed by atoms with van der Waals surface area (Å²) in [5.74, 6) is 1.30. The van der Waals surface area contributed by atoms with E-state index < -0.39 is 6.10 Å². The van der Waals surface area contributed by atoms with Crippen molar-refractivity contribution in [3.8, 4) is 5.75 Å². The molecular formula is C23H34ClN3O3. The Morgan fingerprint density at radius 3 is 2.43 bits per heavy atom. The van der Waals surface area contributed by atoms with E-state index in [2.05, 4.69) is 12.2 Å². The standard InChI is InChI=1S/C23H33N3O3.ClH/c1-3-18-6-4-5-7-20(18)29-17(2)21(27)25-12-14-26(15-13-25)22(28)19-16-23(19)8-10-24-11-9-23;/h4-7,17,19,24H,3,8-16H2,1-2H3;1H. The fourth-order valence-corrected chi connectivity index (χ4v) is 4.95. The van der Waals surface area contributed by atoms with Crippen LogP contribution < -0.4 is 10.1 Å². The molecule has 1 aromatic carbocycles. The minimum absolute atomic E-state index is 0. The second kappa shape index (κ2) is 9.56. The highest BCUT2D eigenvalue weighted by atomic mass is 35.5. The SMILES string of the molecule is CCc1ccccc1OC(C)C(=O)N1CCN(C(=O)C2CC23CCNCC3)CC1.Cl. The number of carbonyl (C=O) groups excluding carboxylic acids is 2. The molecule has 30 heavy (non-hydrogen) atoms. The summed E-state index contributed by atoms with van der Waals surface area (Å²) < 4.78 is 5.97. The molecule has 1 saturated carbocycles. The molecule has 2 heterocycles. The quantitative estimate of drug-likeness (QED) is 0.771. The summed E-state index contributed by atoms with van der Waals surface area (Å²) in [5, 5.41) is 3.39. The summed E-state index contributed by atoms with van der Waals surface area (Å²) in [5.41, 5.74) is 1.38. The van der Waals surface area contributed by atoms with Gasteiger partial charge in [-0.3, -0.25) is 9.59 Å². The number of aryl methyl sites for hydroxylation is 1. The van der Waals surface area contributed by atoms with Gasteiger partial charge in [-0.05, 0) is 62.7 Å². The van der Waals surface area contributed by atoms with Crippen LogP contribution in [-0.2, 0) is 16.0 Å². The van der Waals surface area contributed by atoms with Crippen molar-refractivity contribution in [2.45, 2.75) is 45.6 Å². The Bertz CT molecular complexity index is 758. The van der Waals surface area contributed by atoms with Crippen LogP contribution in [0.2, 0.25) is 0 Å². The number of ether oxygens (including phenoxy) is 1. The maximum atomic E-state index is 12.9. The molecule has 0 bridgehead atoms. The van der Waals surface area contributed by atoms with Crippen molar-refractivity contribution >= 4 is 24.2 Å². The van der Waals surface area contributed by atoms with Gasteiger partial charge in [0.2, 0.25) is 5.91 Å². The van der Waals surface area contributed by atoms with Crippen LogP contribution in [0.1, 0.15) is 38.7 Å². The molecule has 1 N–H and O–H groups in total. The molecule has 1 spiro atoms. The normalized spacial score (nSPS) is 23.5. The molecule has 1 aromatic rings. The number of amides is 2. The lowest BCUT2D eigenvalue weighted by molar-refractivity contribution is -0.144. The van der Waals surface area contributed by atoms with Gasteiger partial charge in [0.25, 0.3) is 5.91 Å². The van der Waals surface area contributed by atoms with Crippen LogP contribution in [0.3, 0.4) is 0 Å². The number of nitrogens with zero attached hydrogens (tertiary/aromatic N) is 2. The molecule has 2 atom stereocenters. The van der Waals surface area contributed by atoms with Gasteiger partial charge in [-0.25, -0.2) is 0 Å². The van der Waals surface area contributed by atoms with E-state index in [4.69, 9.17) is 4.74 Å². The van der Waals surface area contributed by atoms with Crippen molar-refractivity contribution in [3.63, 3.8) is 0 Å². The Kier molecular flexibility index (Phi) is 7.30. The third kappa shape index (κ3) is 4.59. The fourth-order valence-electron chi connectivity index (χ4n) is 4.95. The van der Waals surface area contributed by atoms with E-state index in [0.29, 0.717) is 32.1 Å². The van der Waals surface area contributed by atoms with E-state index in [1.807, 2.05) is 41.0 Å². The molecule has 2 amide bonds.